The summed E-state index contributed by atoms with van der Waals surface area (Å²) in [7, 11) is 0. The summed E-state index contributed by atoms with van der Waals surface area (Å²) in [5.41, 5.74) is 1.29. The van der Waals surface area contributed by atoms with Crippen molar-refractivity contribution < 1.29 is 14.2 Å². The molecule has 4 nitrogen and oxygen atoms in total. The molecule has 1 aliphatic carbocycles. The smallest absolute Gasteiger partial charge is 0.231 e. The van der Waals surface area contributed by atoms with Gasteiger partial charge in [0.2, 0.25) is 6.79 Å². The number of nitrogens with one attached hydrogen (secondary N) is 1. The maximum atomic E-state index is 5.86. The Hall–Kier alpha value is -1.26. The van der Waals surface area contributed by atoms with E-state index in [2.05, 4.69) is 19.2 Å². The average Bonchev–Trinajstić information content (AvgIpc) is 3.13. The van der Waals surface area contributed by atoms with E-state index < -0.39 is 0 Å². The summed E-state index contributed by atoms with van der Waals surface area (Å²) in [4.78, 5) is 0. The fraction of sp³-hybridized carbons (Fsp3) is 0.625. The van der Waals surface area contributed by atoms with Gasteiger partial charge < -0.3 is 19.5 Å². The first-order valence-electron chi connectivity index (χ1n) is 7.32. The van der Waals surface area contributed by atoms with Gasteiger partial charge in [0.15, 0.2) is 11.5 Å². The second-order valence-corrected chi connectivity index (χ2v) is 6.50. The van der Waals surface area contributed by atoms with Crippen LogP contribution in [-0.2, 0) is 11.3 Å². The minimum Gasteiger partial charge on any atom is -0.454 e. The van der Waals surface area contributed by atoms with Crippen molar-refractivity contribution in [2.24, 2.45) is 5.41 Å². The SMILES string of the molecule is CC(C)(CNC1CC1)COCc1ccc2c(c1)OCO2. The molecule has 2 aliphatic rings. The molecule has 0 saturated heterocycles. The zero-order chi connectivity index (χ0) is 14.0. The van der Waals surface area contributed by atoms with Crippen LogP contribution in [0.15, 0.2) is 18.2 Å². The predicted octanol–water partition coefficient (Wildman–Crippen LogP) is 2.71. The van der Waals surface area contributed by atoms with Crippen LogP contribution in [0.1, 0.15) is 32.3 Å². The van der Waals surface area contributed by atoms with E-state index in [4.69, 9.17) is 14.2 Å². The number of hydrogen-bond acceptors (Lipinski definition) is 4. The van der Waals surface area contributed by atoms with Gasteiger partial charge in [0.1, 0.15) is 0 Å². The topological polar surface area (TPSA) is 39.7 Å². The highest BCUT2D eigenvalue weighted by Crippen LogP contribution is 2.32. The van der Waals surface area contributed by atoms with Crippen LogP contribution >= 0.6 is 0 Å². The van der Waals surface area contributed by atoms with Crippen molar-refractivity contribution in [1.29, 1.82) is 0 Å². The van der Waals surface area contributed by atoms with Gasteiger partial charge in [-0.15, -0.1) is 0 Å². The summed E-state index contributed by atoms with van der Waals surface area (Å²) in [6.45, 7) is 7.17. The van der Waals surface area contributed by atoms with Gasteiger partial charge in [0.05, 0.1) is 13.2 Å². The van der Waals surface area contributed by atoms with Crippen molar-refractivity contribution in [3.63, 3.8) is 0 Å². The molecule has 110 valence electrons. The first-order chi connectivity index (χ1) is 9.62. The molecular formula is C16H23NO3. The molecule has 1 N–H and O–H groups in total. The molecule has 0 atom stereocenters. The highest BCUT2D eigenvalue weighted by atomic mass is 16.7. The second-order valence-electron chi connectivity index (χ2n) is 6.50. The molecule has 0 aromatic heterocycles. The minimum atomic E-state index is 0.166. The quantitative estimate of drug-likeness (QED) is 0.832. The summed E-state index contributed by atoms with van der Waals surface area (Å²) in [5.74, 6) is 1.64. The number of ether oxygens (including phenoxy) is 3. The van der Waals surface area contributed by atoms with Crippen molar-refractivity contribution >= 4 is 0 Å². The molecule has 1 aromatic carbocycles. The first-order valence-corrected chi connectivity index (χ1v) is 7.32. The van der Waals surface area contributed by atoms with Crippen LogP contribution in [-0.4, -0.2) is 26.0 Å². The molecule has 1 aromatic rings. The van der Waals surface area contributed by atoms with Gasteiger partial charge in [-0.2, -0.15) is 0 Å². The molecule has 0 spiro atoms. The van der Waals surface area contributed by atoms with Gasteiger partial charge in [0, 0.05) is 18.0 Å². The summed E-state index contributed by atoms with van der Waals surface area (Å²) >= 11 is 0. The van der Waals surface area contributed by atoms with Gasteiger partial charge in [-0.3, -0.25) is 0 Å². The van der Waals surface area contributed by atoms with E-state index in [-0.39, 0.29) is 5.41 Å². The molecule has 0 amide bonds. The van der Waals surface area contributed by atoms with Crippen molar-refractivity contribution in [2.75, 3.05) is 19.9 Å². The lowest BCUT2D eigenvalue weighted by Gasteiger charge is -2.25. The van der Waals surface area contributed by atoms with Crippen molar-refractivity contribution in [3.8, 4) is 11.5 Å². The Labute approximate surface area is 120 Å². The Kier molecular flexibility index (Phi) is 3.85. The fourth-order valence-corrected chi connectivity index (χ4v) is 2.24. The van der Waals surface area contributed by atoms with Crippen LogP contribution in [0, 0.1) is 5.41 Å². The first kappa shape index (κ1) is 13.7. The predicted molar refractivity (Wildman–Crippen MR) is 77.0 cm³/mol. The molecular weight excluding hydrogens is 254 g/mol. The third-order valence-corrected chi connectivity index (χ3v) is 3.65. The lowest BCUT2D eigenvalue weighted by molar-refractivity contribution is 0.0510. The zero-order valence-corrected chi connectivity index (χ0v) is 12.3. The molecule has 0 bridgehead atoms. The van der Waals surface area contributed by atoms with Crippen LogP contribution in [0.2, 0.25) is 0 Å². The summed E-state index contributed by atoms with van der Waals surface area (Å²) in [5, 5.41) is 3.56. The number of hydrogen-bond donors (Lipinski definition) is 1. The Morgan fingerprint density at radius 3 is 2.85 bits per heavy atom. The molecule has 1 heterocycles. The standard InChI is InChI=1S/C16H23NO3/c1-16(2,9-17-13-4-5-13)10-18-8-12-3-6-14-15(7-12)20-11-19-14/h3,6-7,13,17H,4-5,8-11H2,1-2H3. The molecule has 3 rings (SSSR count). The zero-order valence-electron chi connectivity index (χ0n) is 12.3. The summed E-state index contributed by atoms with van der Waals surface area (Å²) in [6.07, 6.45) is 2.66. The Morgan fingerprint density at radius 2 is 2.05 bits per heavy atom. The molecule has 1 fully saturated rings. The average molecular weight is 277 g/mol. The van der Waals surface area contributed by atoms with Crippen molar-refractivity contribution in [2.45, 2.75) is 39.3 Å². The fourth-order valence-electron chi connectivity index (χ4n) is 2.24. The van der Waals surface area contributed by atoms with Gasteiger partial charge in [-0.1, -0.05) is 19.9 Å². The molecule has 0 unspecified atom stereocenters. The van der Waals surface area contributed by atoms with Gasteiger partial charge in [0.25, 0.3) is 0 Å². The normalized spacial score (nSPS) is 17.5. The van der Waals surface area contributed by atoms with Crippen molar-refractivity contribution in [1.82, 2.24) is 5.32 Å². The van der Waals surface area contributed by atoms with E-state index in [1.807, 2.05) is 18.2 Å². The molecule has 4 heteroatoms. The van der Waals surface area contributed by atoms with Crippen LogP contribution < -0.4 is 14.8 Å². The molecule has 0 radical (unpaired) electrons. The van der Waals surface area contributed by atoms with E-state index in [0.29, 0.717) is 13.4 Å². The lowest BCUT2D eigenvalue weighted by atomic mass is 9.95. The molecule has 1 saturated carbocycles. The Bertz CT molecular complexity index is 469. The number of benzene rings is 1. The Balaban J connectivity index is 1.44. The largest absolute Gasteiger partial charge is 0.454 e. The number of rotatable bonds is 7. The van der Waals surface area contributed by atoms with Gasteiger partial charge in [-0.05, 0) is 30.5 Å². The van der Waals surface area contributed by atoms with Crippen molar-refractivity contribution in [3.05, 3.63) is 23.8 Å². The second kappa shape index (κ2) is 5.62. The molecule has 1 aliphatic heterocycles. The van der Waals surface area contributed by atoms with Gasteiger partial charge >= 0.3 is 0 Å². The lowest BCUT2D eigenvalue weighted by Crippen LogP contribution is -2.34. The third-order valence-electron chi connectivity index (χ3n) is 3.65. The van der Waals surface area contributed by atoms with Gasteiger partial charge in [-0.25, -0.2) is 0 Å². The van der Waals surface area contributed by atoms with Crippen LogP contribution in [0.25, 0.3) is 0 Å². The maximum Gasteiger partial charge on any atom is 0.231 e. The van der Waals surface area contributed by atoms with E-state index in [0.717, 1.165) is 36.3 Å². The monoisotopic (exact) mass is 277 g/mol. The highest BCUT2D eigenvalue weighted by molar-refractivity contribution is 5.44. The van der Waals surface area contributed by atoms with E-state index in [9.17, 15) is 0 Å². The Morgan fingerprint density at radius 1 is 1.25 bits per heavy atom. The van der Waals surface area contributed by atoms with Crippen LogP contribution in [0.5, 0.6) is 11.5 Å². The van der Waals surface area contributed by atoms with E-state index >= 15 is 0 Å². The maximum absolute atomic E-state index is 5.86. The van der Waals surface area contributed by atoms with Crippen LogP contribution in [0.4, 0.5) is 0 Å². The van der Waals surface area contributed by atoms with E-state index in [1.165, 1.54) is 12.8 Å². The summed E-state index contributed by atoms with van der Waals surface area (Å²) in [6, 6.07) is 6.73. The third kappa shape index (κ3) is 3.64. The minimum absolute atomic E-state index is 0.166. The summed E-state index contributed by atoms with van der Waals surface area (Å²) < 4.78 is 16.5. The van der Waals surface area contributed by atoms with Crippen LogP contribution in [0.3, 0.4) is 0 Å². The highest BCUT2D eigenvalue weighted by Gasteiger charge is 2.25. The van der Waals surface area contributed by atoms with E-state index in [1.54, 1.807) is 0 Å². The molecule has 20 heavy (non-hydrogen) atoms. The number of fused-ring (bicyclic) bond motifs is 1.